The summed E-state index contributed by atoms with van der Waals surface area (Å²) in [6, 6.07) is 15.7. The van der Waals surface area contributed by atoms with Crippen LogP contribution in [0, 0.1) is 0 Å². The second-order valence-electron chi connectivity index (χ2n) is 4.75. The third-order valence-corrected chi connectivity index (χ3v) is 3.27. The standard InChI is InChI=1S/C17H20N2O2/c1-13(14-7-4-3-5-8-14)19-18-12-11-15-9-6-10-16(21-2)17(15)20/h3-10,12-13,19-20H,11H2,1-2H3/b18-12+. The van der Waals surface area contributed by atoms with Crippen LogP contribution in [0.4, 0.5) is 0 Å². The maximum atomic E-state index is 9.97. The van der Waals surface area contributed by atoms with Crippen LogP contribution in [-0.4, -0.2) is 18.4 Å². The molecule has 0 aliphatic rings. The van der Waals surface area contributed by atoms with Crippen LogP contribution >= 0.6 is 0 Å². The lowest BCUT2D eigenvalue weighted by molar-refractivity contribution is 0.371. The second-order valence-corrected chi connectivity index (χ2v) is 4.75. The van der Waals surface area contributed by atoms with Gasteiger partial charge in [-0.25, -0.2) is 0 Å². The van der Waals surface area contributed by atoms with Crippen molar-refractivity contribution in [1.82, 2.24) is 5.43 Å². The molecule has 2 N–H and O–H groups in total. The SMILES string of the molecule is COc1cccc(C/C=N/NC(C)c2ccccc2)c1O. The first-order valence-electron chi connectivity index (χ1n) is 6.89. The van der Waals surface area contributed by atoms with Crippen LogP contribution in [0.3, 0.4) is 0 Å². The molecule has 0 aliphatic heterocycles. The lowest BCUT2D eigenvalue weighted by atomic mass is 10.1. The highest BCUT2D eigenvalue weighted by atomic mass is 16.5. The van der Waals surface area contributed by atoms with Gasteiger partial charge in [0.1, 0.15) is 0 Å². The molecule has 2 aromatic rings. The lowest BCUT2D eigenvalue weighted by Gasteiger charge is -2.11. The Morgan fingerprint density at radius 2 is 1.95 bits per heavy atom. The first-order chi connectivity index (χ1) is 10.2. The van der Waals surface area contributed by atoms with Gasteiger partial charge in [0.05, 0.1) is 13.2 Å². The molecule has 110 valence electrons. The number of aromatic hydroxyl groups is 1. The predicted molar refractivity (Wildman–Crippen MR) is 84.8 cm³/mol. The van der Waals surface area contributed by atoms with E-state index in [0.29, 0.717) is 12.2 Å². The highest BCUT2D eigenvalue weighted by Gasteiger charge is 2.06. The quantitative estimate of drug-likeness (QED) is 0.632. The number of nitrogens with one attached hydrogen (secondary N) is 1. The molecular weight excluding hydrogens is 264 g/mol. The Kier molecular flexibility index (Phi) is 5.21. The Bertz CT molecular complexity index is 597. The number of nitrogens with zero attached hydrogens (tertiary/aromatic N) is 1. The van der Waals surface area contributed by atoms with Crippen molar-refractivity contribution in [2.75, 3.05) is 7.11 Å². The number of benzene rings is 2. The Morgan fingerprint density at radius 1 is 1.19 bits per heavy atom. The van der Waals surface area contributed by atoms with Gasteiger partial charge in [0.2, 0.25) is 0 Å². The third kappa shape index (κ3) is 3.99. The van der Waals surface area contributed by atoms with Gasteiger partial charge in [-0.1, -0.05) is 42.5 Å². The Balaban J connectivity index is 1.91. The summed E-state index contributed by atoms with van der Waals surface area (Å²) in [5.74, 6) is 0.647. The van der Waals surface area contributed by atoms with Crippen molar-refractivity contribution in [3.63, 3.8) is 0 Å². The number of hydrogen-bond acceptors (Lipinski definition) is 4. The maximum absolute atomic E-state index is 9.97. The van der Waals surface area contributed by atoms with Crippen molar-refractivity contribution in [3.05, 3.63) is 59.7 Å². The zero-order valence-corrected chi connectivity index (χ0v) is 12.3. The van der Waals surface area contributed by atoms with E-state index in [1.807, 2.05) is 30.3 Å². The van der Waals surface area contributed by atoms with Crippen LogP contribution in [0.25, 0.3) is 0 Å². The van der Waals surface area contributed by atoms with Gasteiger partial charge >= 0.3 is 0 Å². The van der Waals surface area contributed by atoms with Crippen LogP contribution in [-0.2, 0) is 6.42 Å². The van der Waals surface area contributed by atoms with Crippen molar-refractivity contribution < 1.29 is 9.84 Å². The molecule has 0 saturated heterocycles. The summed E-state index contributed by atoms with van der Waals surface area (Å²) in [5, 5.41) is 14.2. The average Bonchev–Trinajstić information content (AvgIpc) is 2.53. The molecule has 0 aromatic heterocycles. The van der Waals surface area contributed by atoms with Gasteiger partial charge in [-0.15, -0.1) is 0 Å². The number of rotatable bonds is 6. The van der Waals surface area contributed by atoms with E-state index in [-0.39, 0.29) is 11.8 Å². The summed E-state index contributed by atoms with van der Waals surface area (Å²) in [6.45, 7) is 2.05. The first kappa shape index (κ1) is 14.9. The normalized spacial score (nSPS) is 12.3. The highest BCUT2D eigenvalue weighted by Crippen LogP contribution is 2.29. The van der Waals surface area contributed by atoms with Crippen LogP contribution in [0.1, 0.15) is 24.1 Å². The number of phenols is 1. The van der Waals surface area contributed by atoms with Gasteiger partial charge in [0.25, 0.3) is 0 Å². The summed E-state index contributed by atoms with van der Waals surface area (Å²) in [6.07, 6.45) is 2.28. The van der Waals surface area contributed by atoms with Crippen molar-refractivity contribution in [3.8, 4) is 11.5 Å². The van der Waals surface area contributed by atoms with E-state index in [9.17, 15) is 5.11 Å². The van der Waals surface area contributed by atoms with Crippen LogP contribution in [0.5, 0.6) is 11.5 Å². The van der Waals surface area contributed by atoms with Crippen molar-refractivity contribution in [1.29, 1.82) is 0 Å². The van der Waals surface area contributed by atoms with Crippen molar-refractivity contribution in [2.24, 2.45) is 5.10 Å². The monoisotopic (exact) mass is 284 g/mol. The maximum Gasteiger partial charge on any atom is 0.161 e. The molecule has 1 atom stereocenters. The summed E-state index contributed by atoms with van der Waals surface area (Å²) in [7, 11) is 1.54. The fourth-order valence-electron chi connectivity index (χ4n) is 2.02. The molecular formula is C17H20N2O2. The number of hydrogen-bond donors (Lipinski definition) is 2. The van der Waals surface area contributed by atoms with E-state index in [1.165, 1.54) is 12.7 Å². The Hall–Kier alpha value is -2.49. The zero-order valence-electron chi connectivity index (χ0n) is 12.3. The van der Waals surface area contributed by atoms with E-state index < -0.39 is 0 Å². The van der Waals surface area contributed by atoms with E-state index >= 15 is 0 Å². The van der Waals surface area contributed by atoms with E-state index in [1.54, 1.807) is 12.3 Å². The van der Waals surface area contributed by atoms with Crippen molar-refractivity contribution >= 4 is 6.21 Å². The number of para-hydroxylation sites is 1. The van der Waals surface area contributed by atoms with Crippen LogP contribution in [0.2, 0.25) is 0 Å². The van der Waals surface area contributed by atoms with E-state index in [2.05, 4.69) is 29.6 Å². The van der Waals surface area contributed by atoms with Crippen LogP contribution < -0.4 is 10.2 Å². The number of ether oxygens (including phenoxy) is 1. The van der Waals surface area contributed by atoms with Crippen LogP contribution in [0.15, 0.2) is 53.6 Å². The summed E-state index contributed by atoms with van der Waals surface area (Å²) in [5.41, 5.74) is 5.04. The summed E-state index contributed by atoms with van der Waals surface area (Å²) >= 11 is 0. The van der Waals surface area contributed by atoms with Gasteiger partial charge in [0, 0.05) is 18.2 Å². The molecule has 0 amide bonds. The minimum atomic E-state index is 0.140. The van der Waals surface area contributed by atoms with Gasteiger partial charge in [-0.05, 0) is 18.6 Å². The minimum Gasteiger partial charge on any atom is -0.504 e. The molecule has 1 unspecified atom stereocenters. The molecule has 0 heterocycles. The predicted octanol–water partition coefficient (Wildman–Crippen LogP) is 3.28. The second kappa shape index (κ2) is 7.33. The topological polar surface area (TPSA) is 53.8 Å². The molecule has 4 heteroatoms. The molecule has 4 nitrogen and oxygen atoms in total. The molecule has 0 bridgehead atoms. The number of phenolic OH excluding ortho intramolecular Hbond substituents is 1. The smallest absolute Gasteiger partial charge is 0.161 e. The number of hydrazone groups is 1. The van der Waals surface area contributed by atoms with E-state index in [4.69, 9.17) is 4.74 Å². The largest absolute Gasteiger partial charge is 0.504 e. The molecule has 2 rings (SSSR count). The summed E-state index contributed by atoms with van der Waals surface area (Å²) in [4.78, 5) is 0. The molecule has 0 spiro atoms. The Morgan fingerprint density at radius 3 is 2.67 bits per heavy atom. The highest BCUT2D eigenvalue weighted by molar-refractivity contribution is 5.64. The van der Waals surface area contributed by atoms with Gasteiger partial charge in [-0.3, -0.25) is 0 Å². The average molecular weight is 284 g/mol. The number of methoxy groups -OCH3 is 1. The van der Waals surface area contributed by atoms with Gasteiger partial charge < -0.3 is 15.3 Å². The zero-order chi connectivity index (χ0) is 15.1. The molecule has 0 fully saturated rings. The molecule has 21 heavy (non-hydrogen) atoms. The molecule has 0 radical (unpaired) electrons. The van der Waals surface area contributed by atoms with Crippen molar-refractivity contribution in [2.45, 2.75) is 19.4 Å². The van der Waals surface area contributed by atoms with Gasteiger partial charge in [-0.2, -0.15) is 5.10 Å². The summed E-state index contributed by atoms with van der Waals surface area (Å²) < 4.78 is 5.08. The fraction of sp³-hybridized carbons (Fsp3) is 0.235. The Labute approximate surface area is 125 Å². The fourth-order valence-corrected chi connectivity index (χ4v) is 2.02. The first-order valence-corrected chi connectivity index (χ1v) is 6.89. The minimum absolute atomic E-state index is 0.140. The lowest BCUT2D eigenvalue weighted by Crippen LogP contribution is -2.12. The molecule has 2 aromatic carbocycles. The van der Waals surface area contributed by atoms with Gasteiger partial charge in [0.15, 0.2) is 11.5 Å². The molecule has 0 saturated carbocycles. The molecule has 0 aliphatic carbocycles. The third-order valence-electron chi connectivity index (χ3n) is 3.27. The van der Waals surface area contributed by atoms with E-state index in [0.717, 1.165) is 5.56 Å².